The number of phenolic OH excluding ortho intramolecular Hbond substituents is 1. The zero-order valence-electron chi connectivity index (χ0n) is 10.9. The lowest BCUT2D eigenvalue weighted by Gasteiger charge is -2.11. The van der Waals surface area contributed by atoms with Crippen molar-refractivity contribution in [3.05, 3.63) is 34.6 Å². The van der Waals surface area contributed by atoms with Gasteiger partial charge in [-0.15, -0.1) is 0 Å². The van der Waals surface area contributed by atoms with E-state index in [0.717, 1.165) is 11.4 Å². The van der Waals surface area contributed by atoms with Crippen molar-refractivity contribution in [1.29, 1.82) is 0 Å². The van der Waals surface area contributed by atoms with Gasteiger partial charge >= 0.3 is 0 Å². The molecule has 0 bridgehead atoms. The van der Waals surface area contributed by atoms with Gasteiger partial charge in [0.05, 0.1) is 16.4 Å². The van der Waals surface area contributed by atoms with E-state index >= 15 is 0 Å². The summed E-state index contributed by atoms with van der Waals surface area (Å²) in [5.74, 6) is 0.432. The van der Waals surface area contributed by atoms with Gasteiger partial charge < -0.3 is 15.6 Å². The maximum absolute atomic E-state index is 9.51. The molecule has 0 aliphatic heterocycles. The fourth-order valence-electron chi connectivity index (χ4n) is 1.81. The van der Waals surface area contributed by atoms with E-state index in [1.54, 1.807) is 16.8 Å². The molecule has 0 aliphatic rings. The first-order chi connectivity index (χ1) is 9.04. The maximum Gasteiger partial charge on any atom is 0.146 e. The van der Waals surface area contributed by atoms with Crippen LogP contribution in [0.3, 0.4) is 0 Å². The summed E-state index contributed by atoms with van der Waals surface area (Å²) in [4.78, 5) is 0. The number of aromatic hydroxyl groups is 1. The Hall–Kier alpha value is -1.88. The molecule has 0 unspecified atom stereocenters. The third kappa shape index (κ3) is 2.61. The monoisotopic (exact) mass is 281 g/mol. The molecule has 1 heterocycles. The summed E-state index contributed by atoms with van der Waals surface area (Å²) < 4.78 is 7.40. The van der Waals surface area contributed by atoms with E-state index in [2.05, 4.69) is 5.10 Å². The van der Waals surface area contributed by atoms with Gasteiger partial charge in [-0.3, -0.25) is 4.68 Å². The first-order valence-electron chi connectivity index (χ1n) is 5.96. The number of halogens is 1. The van der Waals surface area contributed by atoms with Crippen molar-refractivity contribution in [2.45, 2.75) is 27.0 Å². The average molecular weight is 282 g/mol. The molecule has 5 nitrogen and oxygen atoms in total. The number of nitrogens with zero attached hydrogens (tertiary/aromatic N) is 2. The van der Waals surface area contributed by atoms with Crippen molar-refractivity contribution in [1.82, 2.24) is 9.78 Å². The highest BCUT2D eigenvalue weighted by atomic mass is 35.5. The molecular formula is C13H16ClN3O2. The molecule has 6 heteroatoms. The average Bonchev–Trinajstić information content (AvgIpc) is 2.67. The molecule has 19 heavy (non-hydrogen) atoms. The molecule has 0 fully saturated rings. The Kier molecular flexibility index (Phi) is 3.85. The fraction of sp³-hybridized carbons (Fsp3) is 0.308. The predicted octanol–water partition coefficient (Wildman–Crippen LogP) is 2.73. The Labute approximate surface area is 116 Å². The van der Waals surface area contributed by atoms with Crippen LogP contribution in [0.15, 0.2) is 18.2 Å². The number of hydrogen-bond donors (Lipinski definition) is 2. The second-order valence-electron chi connectivity index (χ2n) is 4.14. The zero-order valence-corrected chi connectivity index (χ0v) is 11.6. The summed E-state index contributed by atoms with van der Waals surface area (Å²) in [7, 11) is 0. The minimum Gasteiger partial charge on any atom is -0.506 e. The molecule has 1 aromatic carbocycles. The third-order valence-corrected chi connectivity index (χ3v) is 3.35. The second-order valence-corrected chi connectivity index (χ2v) is 4.52. The normalized spacial score (nSPS) is 10.7. The SMILES string of the molecule is CCn1nc(C)c(Cl)c1COc1cccc(O)c1N. The summed E-state index contributed by atoms with van der Waals surface area (Å²) in [6.07, 6.45) is 0. The van der Waals surface area contributed by atoms with Crippen molar-refractivity contribution in [3.8, 4) is 11.5 Å². The van der Waals surface area contributed by atoms with Crippen LogP contribution in [-0.2, 0) is 13.2 Å². The summed E-state index contributed by atoms with van der Waals surface area (Å²) >= 11 is 6.19. The third-order valence-electron chi connectivity index (χ3n) is 2.86. The Balaban J connectivity index is 2.21. The number of ether oxygens (including phenoxy) is 1. The van der Waals surface area contributed by atoms with E-state index in [9.17, 15) is 5.11 Å². The van der Waals surface area contributed by atoms with Crippen molar-refractivity contribution < 1.29 is 9.84 Å². The standard InChI is InChI=1S/C13H16ClN3O2/c1-3-17-9(12(14)8(2)16-17)7-19-11-6-4-5-10(18)13(11)15/h4-6,18H,3,7,15H2,1-2H3. The van der Waals surface area contributed by atoms with Gasteiger partial charge in [0.25, 0.3) is 0 Å². The van der Waals surface area contributed by atoms with E-state index in [1.807, 2.05) is 13.8 Å². The Bertz CT molecular complexity index is 596. The van der Waals surface area contributed by atoms with Crippen LogP contribution in [0.2, 0.25) is 5.02 Å². The molecule has 2 rings (SSSR count). The summed E-state index contributed by atoms with van der Waals surface area (Å²) in [5.41, 5.74) is 7.52. The van der Waals surface area contributed by atoms with Crippen LogP contribution < -0.4 is 10.5 Å². The molecule has 0 spiro atoms. The number of phenols is 1. The van der Waals surface area contributed by atoms with Crippen molar-refractivity contribution in [2.75, 3.05) is 5.73 Å². The highest BCUT2D eigenvalue weighted by molar-refractivity contribution is 6.31. The lowest BCUT2D eigenvalue weighted by Crippen LogP contribution is -2.07. The molecular weight excluding hydrogens is 266 g/mol. The summed E-state index contributed by atoms with van der Waals surface area (Å²) in [6, 6.07) is 4.88. The number of para-hydroxylation sites is 1. The molecule has 3 N–H and O–H groups in total. The van der Waals surface area contributed by atoms with Gasteiger partial charge in [-0.05, 0) is 26.0 Å². The van der Waals surface area contributed by atoms with Gasteiger partial charge in [-0.2, -0.15) is 5.10 Å². The van der Waals surface area contributed by atoms with Crippen LogP contribution in [0.5, 0.6) is 11.5 Å². The first-order valence-corrected chi connectivity index (χ1v) is 6.34. The van der Waals surface area contributed by atoms with Crippen molar-refractivity contribution in [2.24, 2.45) is 0 Å². The van der Waals surface area contributed by atoms with Gasteiger partial charge in [-0.25, -0.2) is 0 Å². The maximum atomic E-state index is 9.51. The molecule has 0 radical (unpaired) electrons. The second kappa shape index (κ2) is 5.40. The number of nitrogens with two attached hydrogens (primary N) is 1. The van der Waals surface area contributed by atoms with E-state index in [1.165, 1.54) is 6.07 Å². The van der Waals surface area contributed by atoms with E-state index in [-0.39, 0.29) is 18.0 Å². The van der Waals surface area contributed by atoms with Crippen LogP contribution in [0.4, 0.5) is 5.69 Å². The minimum atomic E-state index is 0.00350. The zero-order chi connectivity index (χ0) is 14.0. The fourth-order valence-corrected chi connectivity index (χ4v) is 2.00. The van der Waals surface area contributed by atoms with E-state index < -0.39 is 0 Å². The lowest BCUT2D eigenvalue weighted by atomic mass is 10.3. The number of anilines is 1. The molecule has 0 saturated heterocycles. The number of aryl methyl sites for hydroxylation is 2. The molecule has 0 atom stereocenters. The number of nitrogen functional groups attached to an aromatic ring is 1. The van der Waals surface area contributed by atoms with E-state index in [0.29, 0.717) is 17.3 Å². The first kappa shape index (κ1) is 13.5. The lowest BCUT2D eigenvalue weighted by molar-refractivity contribution is 0.293. The van der Waals surface area contributed by atoms with Crippen LogP contribution in [-0.4, -0.2) is 14.9 Å². The van der Waals surface area contributed by atoms with E-state index in [4.69, 9.17) is 22.1 Å². The Morgan fingerprint density at radius 3 is 2.89 bits per heavy atom. The Morgan fingerprint density at radius 1 is 1.47 bits per heavy atom. The molecule has 0 aliphatic carbocycles. The minimum absolute atomic E-state index is 0.00350. The largest absolute Gasteiger partial charge is 0.506 e. The highest BCUT2D eigenvalue weighted by Gasteiger charge is 2.14. The molecule has 1 aromatic heterocycles. The predicted molar refractivity (Wildman–Crippen MR) is 74.5 cm³/mol. The molecule has 0 amide bonds. The van der Waals surface area contributed by atoms with Crippen LogP contribution in [0.1, 0.15) is 18.3 Å². The van der Waals surface area contributed by atoms with Gasteiger partial charge in [0.2, 0.25) is 0 Å². The molecule has 102 valence electrons. The summed E-state index contributed by atoms with van der Waals surface area (Å²) in [5, 5.41) is 14.4. The number of rotatable bonds is 4. The number of aromatic nitrogens is 2. The van der Waals surface area contributed by atoms with Gasteiger partial charge in [0, 0.05) is 6.54 Å². The molecule has 2 aromatic rings. The van der Waals surface area contributed by atoms with Gasteiger partial charge in [0.1, 0.15) is 23.8 Å². The van der Waals surface area contributed by atoms with Crippen LogP contribution in [0.25, 0.3) is 0 Å². The summed E-state index contributed by atoms with van der Waals surface area (Å²) in [6.45, 7) is 4.79. The number of hydrogen-bond acceptors (Lipinski definition) is 4. The smallest absolute Gasteiger partial charge is 0.146 e. The van der Waals surface area contributed by atoms with Crippen molar-refractivity contribution in [3.63, 3.8) is 0 Å². The highest BCUT2D eigenvalue weighted by Crippen LogP contribution is 2.31. The van der Waals surface area contributed by atoms with Crippen molar-refractivity contribution >= 4 is 17.3 Å². The molecule has 0 saturated carbocycles. The number of benzene rings is 1. The van der Waals surface area contributed by atoms with Gasteiger partial charge in [-0.1, -0.05) is 17.7 Å². The topological polar surface area (TPSA) is 73.3 Å². The quantitative estimate of drug-likeness (QED) is 0.667. The van der Waals surface area contributed by atoms with Crippen LogP contribution in [0, 0.1) is 6.92 Å². The van der Waals surface area contributed by atoms with Crippen LogP contribution >= 0.6 is 11.6 Å². The van der Waals surface area contributed by atoms with Gasteiger partial charge in [0.15, 0.2) is 0 Å². The Morgan fingerprint density at radius 2 is 2.21 bits per heavy atom.